The van der Waals surface area contributed by atoms with Crippen molar-refractivity contribution in [3.63, 3.8) is 0 Å². The Labute approximate surface area is 133 Å². The minimum atomic E-state index is 0.122. The Balaban J connectivity index is 1.59. The van der Waals surface area contributed by atoms with E-state index in [0.717, 1.165) is 35.9 Å². The van der Waals surface area contributed by atoms with Crippen molar-refractivity contribution in [3.8, 4) is 0 Å². The molecule has 4 nitrogen and oxygen atoms in total. The first-order valence-electron chi connectivity index (χ1n) is 8.47. The van der Waals surface area contributed by atoms with Gasteiger partial charge in [0.15, 0.2) is 0 Å². The first-order chi connectivity index (χ1) is 10.5. The quantitative estimate of drug-likeness (QED) is 0.871. The van der Waals surface area contributed by atoms with Crippen molar-refractivity contribution in [1.29, 1.82) is 0 Å². The Hall–Kier alpha value is -1.39. The number of fused-ring (bicyclic) bond motifs is 1. The van der Waals surface area contributed by atoms with Crippen LogP contribution in [0.4, 0.5) is 5.69 Å². The van der Waals surface area contributed by atoms with Crippen molar-refractivity contribution in [2.24, 2.45) is 0 Å². The van der Waals surface area contributed by atoms with Crippen LogP contribution in [0, 0.1) is 20.8 Å². The minimum absolute atomic E-state index is 0.122. The summed E-state index contributed by atoms with van der Waals surface area (Å²) in [7, 11) is 0. The molecular formula is C18H28N3O+. The van der Waals surface area contributed by atoms with Gasteiger partial charge in [0.05, 0.1) is 26.2 Å². The molecule has 1 aromatic rings. The lowest BCUT2D eigenvalue weighted by Crippen LogP contribution is -3.16. The van der Waals surface area contributed by atoms with E-state index in [1.54, 1.807) is 4.90 Å². The van der Waals surface area contributed by atoms with Crippen LogP contribution in [-0.4, -0.2) is 49.6 Å². The fourth-order valence-electron chi connectivity index (χ4n) is 4.14. The van der Waals surface area contributed by atoms with E-state index in [9.17, 15) is 4.79 Å². The molecule has 2 saturated heterocycles. The van der Waals surface area contributed by atoms with Gasteiger partial charge in [-0.05, 0) is 31.9 Å². The number of carbonyl (C=O) groups excluding carboxylic acids is 1. The molecule has 1 amide bonds. The Morgan fingerprint density at radius 1 is 1.27 bits per heavy atom. The van der Waals surface area contributed by atoms with Crippen molar-refractivity contribution in [1.82, 2.24) is 4.90 Å². The molecule has 2 atom stereocenters. The summed E-state index contributed by atoms with van der Waals surface area (Å²) in [5.41, 5.74) is 4.53. The number of rotatable bonds is 3. The fraction of sp³-hybridized carbons (Fsp3) is 0.611. The number of nitrogens with zero attached hydrogens (tertiary/aromatic N) is 1. The molecule has 2 fully saturated rings. The summed E-state index contributed by atoms with van der Waals surface area (Å²) < 4.78 is 0. The van der Waals surface area contributed by atoms with Gasteiger partial charge in [-0.15, -0.1) is 0 Å². The number of benzene rings is 1. The molecular weight excluding hydrogens is 274 g/mol. The van der Waals surface area contributed by atoms with Gasteiger partial charge in [0.25, 0.3) is 0 Å². The molecule has 2 heterocycles. The normalized spacial score (nSPS) is 25.0. The van der Waals surface area contributed by atoms with Gasteiger partial charge in [0.1, 0.15) is 6.04 Å². The van der Waals surface area contributed by atoms with Gasteiger partial charge in [-0.1, -0.05) is 17.7 Å². The van der Waals surface area contributed by atoms with Gasteiger partial charge in [0.2, 0.25) is 5.91 Å². The Morgan fingerprint density at radius 3 is 2.73 bits per heavy atom. The van der Waals surface area contributed by atoms with Crippen LogP contribution in [0.3, 0.4) is 0 Å². The average Bonchev–Trinajstić information content (AvgIpc) is 2.90. The van der Waals surface area contributed by atoms with Crippen LogP contribution in [0.5, 0.6) is 0 Å². The van der Waals surface area contributed by atoms with Crippen LogP contribution in [0.2, 0.25) is 0 Å². The van der Waals surface area contributed by atoms with E-state index in [1.165, 1.54) is 31.5 Å². The van der Waals surface area contributed by atoms with Gasteiger partial charge in [-0.3, -0.25) is 9.69 Å². The fourth-order valence-corrected chi connectivity index (χ4v) is 4.14. The maximum atomic E-state index is 12.4. The van der Waals surface area contributed by atoms with E-state index in [2.05, 4.69) is 43.1 Å². The van der Waals surface area contributed by atoms with Crippen LogP contribution in [0.25, 0.3) is 0 Å². The molecule has 4 heteroatoms. The molecule has 0 bridgehead atoms. The van der Waals surface area contributed by atoms with Crippen LogP contribution >= 0.6 is 0 Å². The van der Waals surface area contributed by atoms with Gasteiger partial charge < -0.3 is 10.2 Å². The highest BCUT2D eigenvalue weighted by Gasteiger charge is 2.34. The third kappa shape index (κ3) is 3.33. The van der Waals surface area contributed by atoms with E-state index < -0.39 is 0 Å². The summed E-state index contributed by atoms with van der Waals surface area (Å²) >= 11 is 0. The first kappa shape index (κ1) is 15.5. The van der Waals surface area contributed by atoms with Crippen molar-refractivity contribution >= 4 is 11.6 Å². The summed E-state index contributed by atoms with van der Waals surface area (Å²) in [6.45, 7) is 11.4. The van der Waals surface area contributed by atoms with E-state index in [0.29, 0.717) is 6.54 Å². The number of piperazine rings is 1. The second-order valence-electron chi connectivity index (χ2n) is 7.05. The predicted octanol–water partition coefficient (Wildman–Crippen LogP) is 0.913. The largest absolute Gasteiger partial charge is 0.330 e. The predicted molar refractivity (Wildman–Crippen MR) is 89.4 cm³/mol. The number of quaternary nitrogens is 1. The molecule has 0 saturated carbocycles. The number of amides is 1. The molecule has 0 aliphatic carbocycles. The van der Waals surface area contributed by atoms with E-state index in [1.807, 2.05) is 0 Å². The molecule has 0 spiro atoms. The SMILES string of the molecule is Cc1cc(C)c(NC(=O)CN2CC[NH+]3CCCC3C2)c(C)c1. The number of anilines is 1. The highest BCUT2D eigenvalue weighted by atomic mass is 16.2. The lowest BCUT2D eigenvalue weighted by Gasteiger charge is -2.34. The Bertz CT molecular complexity index is 546. The standard InChI is InChI=1S/C18H27N3O/c1-13-9-14(2)18(15(3)10-13)19-17(22)12-20-7-8-21-6-4-5-16(21)11-20/h9-10,16H,4-8,11-12H2,1-3H3,(H,19,22)/p+1. The lowest BCUT2D eigenvalue weighted by atomic mass is 10.1. The smallest absolute Gasteiger partial charge is 0.238 e. The summed E-state index contributed by atoms with van der Waals surface area (Å²) in [6, 6.07) is 5.01. The van der Waals surface area contributed by atoms with Gasteiger partial charge >= 0.3 is 0 Å². The molecule has 1 aromatic carbocycles. The maximum absolute atomic E-state index is 12.4. The van der Waals surface area contributed by atoms with E-state index in [4.69, 9.17) is 0 Å². The molecule has 0 aromatic heterocycles. The molecule has 2 aliphatic rings. The number of carbonyl (C=O) groups is 1. The summed E-state index contributed by atoms with van der Waals surface area (Å²) in [5, 5.41) is 3.13. The Kier molecular flexibility index (Phi) is 4.50. The molecule has 22 heavy (non-hydrogen) atoms. The van der Waals surface area contributed by atoms with Crippen LogP contribution in [0.15, 0.2) is 12.1 Å². The zero-order valence-corrected chi connectivity index (χ0v) is 14.0. The van der Waals surface area contributed by atoms with Crippen LogP contribution < -0.4 is 10.2 Å². The Morgan fingerprint density at radius 2 is 2.00 bits per heavy atom. The third-order valence-corrected chi connectivity index (χ3v) is 5.16. The third-order valence-electron chi connectivity index (χ3n) is 5.16. The lowest BCUT2D eigenvalue weighted by molar-refractivity contribution is -0.916. The monoisotopic (exact) mass is 302 g/mol. The zero-order chi connectivity index (χ0) is 15.7. The number of hydrogen-bond donors (Lipinski definition) is 2. The van der Waals surface area contributed by atoms with Gasteiger partial charge in [0, 0.05) is 25.1 Å². The number of nitrogens with one attached hydrogen (secondary N) is 2. The van der Waals surface area contributed by atoms with E-state index in [-0.39, 0.29) is 5.91 Å². The second-order valence-corrected chi connectivity index (χ2v) is 7.05. The van der Waals surface area contributed by atoms with Crippen molar-refractivity contribution < 1.29 is 9.69 Å². The highest BCUT2D eigenvalue weighted by Crippen LogP contribution is 2.21. The van der Waals surface area contributed by atoms with Crippen LogP contribution in [0.1, 0.15) is 29.5 Å². The summed E-state index contributed by atoms with van der Waals surface area (Å²) in [5.74, 6) is 0.122. The molecule has 120 valence electrons. The number of hydrogen-bond acceptors (Lipinski definition) is 2. The molecule has 2 aliphatic heterocycles. The molecule has 2 unspecified atom stereocenters. The summed E-state index contributed by atoms with van der Waals surface area (Å²) in [4.78, 5) is 16.5. The summed E-state index contributed by atoms with van der Waals surface area (Å²) in [6.07, 6.45) is 2.67. The van der Waals surface area contributed by atoms with E-state index >= 15 is 0 Å². The zero-order valence-electron chi connectivity index (χ0n) is 14.0. The molecule has 2 N–H and O–H groups in total. The van der Waals surface area contributed by atoms with Gasteiger partial charge in [-0.2, -0.15) is 0 Å². The van der Waals surface area contributed by atoms with Crippen LogP contribution in [-0.2, 0) is 4.79 Å². The van der Waals surface area contributed by atoms with Crippen molar-refractivity contribution in [2.75, 3.05) is 38.0 Å². The molecule has 0 radical (unpaired) electrons. The maximum Gasteiger partial charge on any atom is 0.238 e. The second kappa shape index (κ2) is 6.39. The number of aryl methyl sites for hydroxylation is 3. The average molecular weight is 302 g/mol. The van der Waals surface area contributed by atoms with Crippen molar-refractivity contribution in [3.05, 3.63) is 28.8 Å². The topological polar surface area (TPSA) is 36.8 Å². The first-order valence-corrected chi connectivity index (χ1v) is 8.47. The minimum Gasteiger partial charge on any atom is -0.330 e. The molecule has 3 rings (SSSR count). The van der Waals surface area contributed by atoms with Gasteiger partial charge in [-0.25, -0.2) is 0 Å². The van der Waals surface area contributed by atoms with Crippen molar-refractivity contribution in [2.45, 2.75) is 39.7 Å². The highest BCUT2D eigenvalue weighted by molar-refractivity contribution is 5.93.